The Bertz CT molecular complexity index is 428. The normalized spacial score (nSPS) is 26.4. The van der Waals surface area contributed by atoms with Crippen molar-refractivity contribution in [3.8, 4) is 0 Å². The number of hydrogen-bond acceptors (Lipinski definition) is 3. The van der Waals surface area contributed by atoms with Crippen molar-refractivity contribution < 1.29 is 5.11 Å². The first kappa shape index (κ1) is 16.3. The third-order valence-electron chi connectivity index (χ3n) is 4.13. The lowest BCUT2D eigenvalue weighted by atomic mass is 9.86. The van der Waals surface area contributed by atoms with E-state index in [1.54, 1.807) is 0 Å². The molecule has 3 nitrogen and oxygen atoms in total. The number of aliphatic hydroxyl groups excluding tert-OH is 1. The first-order valence-electron chi connectivity index (χ1n) is 7.12. The maximum absolute atomic E-state index is 10.3. The Morgan fingerprint density at radius 3 is 2.65 bits per heavy atom. The zero-order chi connectivity index (χ0) is 14.7. The fraction of sp³-hybridized carbons (Fsp3) is 0.600. The first-order chi connectivity index (χ1) is 9.52. The van der Waals surface area contributed by atoms with Crippen LogP contribution in [0.4, 0.5) is 5.69 Å². The third-order valence-corrected chi connectivity index (χ3v) is 5.56. The van der Waals surface area contributed by atoms with Gasteiger partial charge in [-0.1, -0.05) is 41.1 Å². The van der Waals surface area contributed by atoms with Gasteiger partial charge in [0.15, 0.2) is 0 Å². The van der Waals surface area contributed by atoms with Crippen LogP contribution < -0.4 is 10.6 Å². The minimum absolute atomic E-state index is 0.106. The third kappa shape index (κ3) is 3.78. The van der Waals surface area contributed by atoms with E-state index in [0.717, 1.165) is 30.8 Å². The second-order valence-electron chi connectivity index (χ2n) is 5.45. The molecule has 1 saturated heterocycles. The molecule has 1 aliphatic heterocycles. The van der Waals surface area contributed by atoms with Crippen molar-refractivity contribution in [3.05, 3.63) is 29.3 Å². The Balaban J connectivity index is 2.00. The lowest BCUT2D eigenvalue weighted by Crippen LogP contribution is -2.47. The summed E-state index contributed by atoms with van der Waals surface area (Å²) in [6.07, 6.45) is 2.39. The highest BCUT2D eigenvalue weighted by molar-refractivity contribution is 14.1. The van der Waals surface area contributed by atoms with Gasteiger partial charge in [-0.05, 0) is 49.4 Å². The van der Waals surface area contributed by atoms with E-state index in [9.17, 15) is 5.11 Å². The zero-order valence-corrected chi connectivity index (χ0v) is 14.6. The first-order valence-corrected chi connectivity index (χ1v) is 8.75. The number of piperidine rings is 1. The van der Waals surface area contributed by atoms with Crippen molar-refractivity contribution in [2.24, 2.45) is 11.7 Å². The van der Waals surface area contributed by atoms with E-state index in [0.29, 0.717) is 9.97 Å². The summed E-state index contributed by atoms with van der Waals surface area (Å²) in [5, 5.41) is 11.1. The van der Waals surface area contributed by atoms with E-state index in [2.05, 4.69) is 39.6 Å². The molecule has 1 aliphatic rings. The molecule has 0 saturated carbocycles. The highest BCUT2D eigenvalue weighted by Crippen LogP contribution is 2.34. The molecule has 0 radical (unpaired) electrons. The number of hydrogen-bond donors (Lipinski definition) is 2. The van der Waals surface area contributed by atoms with Gasteiger partial charge in [-0.2, -0.15) is 0 Å². The monoisotopic (exact) mass is 408 g/mol. The quantitative estimate of drug-likeness (QED) is 0.456. The summed E-state index contributed by atoms with van der Waals surface area (Å²) in [6, 6.07) is 7.86. The van der Waals surface area contributed by atoms with Gasteiger partial charge in [-0.15, -0.1) is 0 Å². The molecule has 1 heterocycles. The van der Waals surface area contributed by atoms with Gasteiger partial charge in [0.05, 0.1) is 10.2 Å². The largest absolute Gasteiger partial charge is 0.391 e. The number of halogens is 2. The Morgan fingerprint density at radius 1 is 1.45 bits per heavy atom. The lowest BCUT2D eigenvalue weighted by molar-refractivity contribution is 0.0667. The fourth-order valence-corrected chi connectivity index (χ4v) is 4.14. The summed E-state index contributed by atoms with van der Waals surface area (Å²) in [4.78, 5) is 2.37. The molecule has 0 amide bonds. The molecule has 2 rings (SSSR count). The Morgan fingerprint density at radius 2 is 2.10 bits per heavy atom. The molecule has 112 valence electrons. The Hall–Kier alpha value is -0.0400. The van der Waals surface area contributed by atoms with Crippen molar-refractivity contribution in [2.75, 3.05) is 11.4 Å². The summed E-state index contributed by atoms with van der Waals surface area (Å²) in [6.45, 7) is 2.98. The van der Waals surface area contributed by atoms with Crippen molar-refractivity contribution in [1.82, 2.24) is 0 Å². The van der Waals surface area contributed by atoms with E-state index in [1.165, 1.54) is 5.69 Å². The summed E-state index contributed by atoms with van der Waals surface area (Å²) in [7, 11) is 0. The van der Waals surface area contributed by atoms with Crippen LogP contribution in [0.15, 0.2) is 24.3 Å². The Kier molecular flexibility index (Phi) is 5.95. The molecular formula is C15H22ClIN2O. The standard InChI is InChI=1S/C15H22ClIN2O/c1-2-13(18)15(20)10-7-8-19(14(17)9-10)12-5-3-11(16)4-6-12/h3-6,10,13-15,20H,2,7-9,18H2,1H3. The van der Waals surface area contributed by atoms with E-state index in [-0.39, 0.29) is 12.1 Å². The number of nitrogens with zero attached hydrogens (tertiary/aromatic N) is 1. The van der Waals surface area contributed by atoms with Gasteiger partial charge in [0.1, 0.15) is 0 Å². The van der Waals surface area contributed by atoms with Crippen LogP contribution >= 0.6 is 34.2 Å². The van der Waals surface area contributed by atoms with Crippen LogP contribution in [0.3, 0.4) is 0 Å². The molecule has 0 aromatic heterocycles. The van der Waals surface area contributed by atoms with Crippen LogP contribution in [0.1, 0.15) is 26.2 Å². The molecule has 5 heteroatoms. The van der Waals surface area contributed by atoms with Gasteiger partial charge in [0, 0.05) is 23.3 Å². The molecule has 4 unspecified atom stereocenters. The van der Waals surface area contributed by atoms with Crippen molar-refractivity contribution in [3.63, 3.8) is 0 Å². The molecule has 20 heavy (non-hydrogen) atoms. The molecule has 1 aromatic rings. The average Bonchev–Trinajstić information content (AvgIpc) is 2.46. The maximum atomic E-state index is 10.3. The number of benzene rings is 1. The van der Waals surface area contributed by atoms with Gasteiger partial charge >= 0.3 is 0 Å². The number of anilines is 1. The summed E-state index contributed by atoms with van der Waals surface area (Å²) in [5.74, 6) is 0.301. The smallest absolute Gasteiger partial charge is 0.0812 e. The molecule has 0 aliphatic carbocycles. The minimum atomic E-state index is -0.385. The fourth-order valence-electron chi connectivity index (χ4n) is 2.76. The van der Waals surface area contributed by atoms with Crippen LogP contribution in [0.5, 0.6) is 0 Å². The highest BCUT2D eigenvalue weighted by atomic mass is 127. The predicted molar refractivity (Wildman–Crippen MR) is 93.6 cm³/mol. The van der Waals surface area contributed by atoms with Gasteiger partial charge < -0.3 is 15.7 Å². The Labute approximate surface area is 139 Å². The summed E-state index contributed by atoms with van der Waals surface area (Å²) in [5.41, 5.74) is 7.17. The summed E-state index contributed by atoms with van der Waals surface area (Å²) >= 11 is 8.39. The van der Waals surface area contributed by atoms with Crippen LogP contribution in [0.25, 0.3) is 0 Å². The van der Waals surface area contributed by atoms with Gasteiger partial charge in [0.25, 0.3) is 0 Å². The number of aliphatic hydroxyl groups is 1. The van der Waals surface area contributed by atoms with Crippen LogP contribution in [-0.2, 0) is 0 Å². The van der Waals surface area contributed by atoms with E-state index in [4.69, 9.17) is 17.3 Å². The van der Waals surface area contributed by atoms with Crippen molar-refractivity contribution >= 4 is 39.9 Å². The molecule has 3 N–H and O–H groups in total. The minimum Gasteiger partial charge on any atom is -0.391 e. The highest BCUT2D eigenvalue weighted by Gasteiger charge is 2.32. The molecule has 0 bridgehead atoms. The van der Waals surface area contributed by atoms with E-state index in [1.807, 2.05) is 19.1 Å². The summed E-state index contributed by atoms with van der Waals surface area (Å²) < 4.78 is 0.381. The van der Waals surface area contributed by atoms with Crippen molar-refractivity contribution in [2.45, 2.75) is 42.4 Å². The number of rotatable bonds is 4. The lowest BCUT2D eigenvalue weighted by Gasteiger charge is -2.40. The molecule has 1 fully saturated rings. The SMILES string of the molecule is CCC(N)C(O)C1CCN(c2ccc(Cl)cc2)C(I)C1. The van der Waals surface area contributed by atoms with Gasteiger partial charge in [-0.25, -0.2) is 0 Å². The second kappa shape index (κ2) is 7.29. The van der Waals surface area contributed by atoms with Crippen LogP contribution in [0.2, 0.25) is 5.02 Å². The van der Waals surface area contributed by atoms with Crippen molar-refractivity contribution in [1.29, 1.82) is 0 Å². The number of nitrogens with two attached hydrogens (primary N) is 1. The maximum Gasteiger partial charge on any atom is 0.0812 e. The topological polar surface area (TPSA) is 49.5 Å². The van der Waals surface area contributed by atoms with Gasteiger partial charge in [0.2, 0.25) is 0 Å². The van der Waals surface area contributed by atoms with Crippen LogP contribution in [-0.4, -0.2) is 27.8 Å². The van der Waals surface area contributed by atoms with Gasteiger partial charge in [-0.3, -0.25) is 0 Å². The molecule has 0 spiro atoms. The number of alkyl halides is 1. The second-order valence-corrected chi connectivity index (χ2v) is 7.33. The molecular weight excluding hydrogens is 387 g/mol. The van der Waals surface area contributed by atoms with E-state index < -0.39 is 0 Å². The predicted octanol–water partition coefficient (Wildman–Crippen LogP) is 3.42. The van der Waals surface area contributed by atoms with Crippen LogP contribution in [0, 0.1) is 5.92 Å². The zero-order valence-electron chi connectivity index (χ0n) is 11.7. The molecule has 1 aromatic carbocycles. The van der Waals surface area contributed by atoms with E-state index >= 15 is 0 Å². The average molecular weight is 409 g/mol. The molecule has 4 atom stereocenters.